The van der Waals surface area contributed by atoms with Gasteiger partial charge < -0.3 is 16.0 Å². The molecule has 4 amide bonds. The molecule has 4 N–H and O–H groups in total. The fraction of sp³-hybridized carbons (Fsp3) is 0.150. The van der Waals surface area contributed by atoms with Gasteiger partial charge in [-0.3, -0.25) is 14.5 Å². The molecule has 1 fully saturated rings. The number of amides is 4. The molecule has 0 radical (unpaired) electrons. The lowest BCUT2D eigenvalue weighted by Crippen LogP contribution is -2.32. The summed E-state index contributed by atoms with van der Waals surface area (Å²) in [6, 6.07) is 13.4. The minimum Gasteiger partial charge on any atom is -0.366 e. The average Bonchev–Trinajstić information content (AvgIpc) is 3.19. The van der Waals surface area contributed by atoms with E-state index in [1.54, 1.807) is 24.3 Å². The molecule has 0 spiro atoms. The number of aromatic amines is 1. The van der Waals surface area contributed by atoms with E-state index >= 15 is 0 Å². The second kappa shape index (κ2) is 6.60. The summed E-state index contributed by atoms with van der Waals surface area (Å²) >= 11 is 0. The number of benzene rings is 2. The summed E-state index contributed by atoms with van der Waals surface area (Å²) in [7, 11) is 0. The summed E-state index contributed by atoms with van der Waals surface area (Å²) < 4.78 is 0. The molecule has 1 aliphatic rings. The molecule has 7 heteroatoms. The minimum atomic E-state index is -0.596. The highest BCUT2D eigenvalue weighted by Gasteiger charge is 2.38. The van der Waals surface area contributed by atoms with Crippen molar-refractivity contribution in [1.29, 1.82) is 0 Å². The van der Waals surface area contributed by atoms with E-state index in [4.69, 9.17) is 5.73 Å². The molecule has 1 saturated heterocycles. The fourth-order valence-electron chi connectivity index (χ4n) is 3.34. The van der Waals surface area contributed by atoms with Crippen LogP contribution in [0.15, 0.2) is 54.7 Å². The zero-order valence-corrected chi connectivity index (χ0v) is 14.4. The first-order valence-electron chi connectivity index (χ1n) is 8.58. The van der Waals surface area contributed by atoms with Gasteiger partial charge >= 0.3 is 6.03 Å². The van der Waals surface area contributed by atoms with E-state index in [1.807, 2.05) is 30.5 Å². The number of hydrogen-bond donors (Lipinski definition) is 3. The van der Waals surface area contributed by atoms with Crippen molar-refractivity contribution >= 4 is 28.7 Å². The summed E-state index contributed by atoms with van der Waals surface area (Å²) in [6.07, 6.45) is 2.29. The largest absolute Gasteiger partial charge is 0.366 e. The Morgan fingerprint density at radius 2 is 1.81 bits per heavy atom. The molecule has 0 aliphatic carbocycles. The topological polar surface area (TPSA) is 108 Å². The first-order chi connectivity index (χ1) is 13.0. The summed E-state index contributed by atoms with van der Waals surface area (Å²) in [5.74, 6) is -0.778. The summed E-state index contributed by atoms with van der Waals surface area (Å²) in [4.78, 5) is 40.5. The maximum Gasteiger partial charge on any atom is 0.325 e. The van der Waals surface area contributed by atoms with Crippen LogP contribution in [-0.2, 0) is 17.8 Å². The number of hydrogen-bond acceptors (Lipinski definition) is 3. The van der Waals surface area contributed by atoms with Crippen LogP contribution in [0.4, 0.5) is 4.79 Å². The Bertz CT molecular complexity index is 1040. The lowest BCUT2D eigenvalue weighted by molar-refractivity contribution is -0.127. The zero-order valence-electron chi connectivity index (χ0n) is 14.4. The Morgan fingerprint density at radius 3 is 2.56 bits per heavy atom. The van der Waals surface area contributed by atoms with Crippen molar-refractivity contribution in [2.75, 3.05) is 0 Å². The Kier molecular flexibility index (Phi) is 4.12. The highest BCUT2D eigenvalue weighted by molar-refractivity contribution is 6.04. The van der Waals surface area contributed by atoms with E-state index < -0.39 is 18.0 Å². The molecule has 27 heavy (non-hydrogen) atoms. The SMILES string of the molecule is NC(=O)c1ccc(CN2C(=O)N[C@H](Cc3c[nH]c4ccccc34)C2=O)cc1. The number of nitrogens with two attached hydrogens (primary N) is 1. The molecule has 2 heterocycles. The number of primary amides is 1. The maximum atomic E-state index is 12.7. The van der Waals surface area contributed by atoms with Crippen LogP contribution in [0.5, 0.6) is 0 Å². The van der Waals surface area contributed by atoms with Gasteiger partial charge in [-0.15, -0.1) is 0 Å². The van der Waals surface area contributed by atoms with Crippen LogP contribution in [0.25, 0.3) is 10.9 Å². The van der Waals surface area contributed by atoms with E-state index in [1.165, 1.54) is 4.90 Å². The number of aromatic nitrogens is 1. The molecule has 3 aromatic rings. The molecule has 2 aromatic carbocycles. The number of H-pyrrole nitrogens is 1. The molecule has 4 rings (SSSR count). The number of nitrogens with zero attached hydrogens (tertiary/aromatic N) is 1. The smallest absolute Gasteiger partial charge is 0.325 e. The van der Waals surface area contributed by atoms with Crippen LogP contribution in [-0.4, -0.2) is 33.8 Å². The van der Waals surface area contributed by atoms with Crippen molar-refractivity contribution in [3.63, 3.8) is 0 Å². The van der Waals surface area contributed by atoms with Crippen molar-refractivity contribution in [3.05, 3.63) is 71.4 Å². The molecular formula is C20H18N4O3. The Hall–Kier alpha value is -3.61. The van der Waals surface area contributed by atoms with Gasteiger partial charge in [0.2, 0.25) is 5.91 Å². The van der Waals surface area contributed by atoms with Crippen LogP contribution in [0, 0.1) is 0 Å². The Labute approximate surface area is 155 Å². The first kappa shape index (κ1) is 16.8. The molecular weight excluding hydrogens is 344 g/mol. The van der Waals surface area contributed by atoms with Gasteiger partial charge in [0, 0.05) is 29.1 Å². The van der Waals surface area contributed by atoms with Gasteiger partial charge in [-0.2, -0.15) is 0 Å². The summed E-state index contributed by atoms with van der Waals surface area (Å²) in [5, 5.41) is 3.80. The predicted molar refractivity (Wildman–Crippen MR) is 99.8 cm³/mol. The van der Waals surface area contributed by atoms with Crippen LogP contribution < -0.4 is 11.1 Å². The molecule has 7 nitrogen and oxygen atoms in total. The van der Waals surface area contributed by atoms with Crippen LogP contribution in [0.3, 0.4) is 0 Å². The van der Waals surface area contributed by atoms with Gasteiger partial charge in [-0.25, -0.2) is 4.79 Å². The highest BCUT2D eigenvalue weighted by Crippen LogP contribution is 2.22. The molecule has 0 unspecified atom stereocenters. The quantitative estimate of drug-likeness (QED) is 0.604. The Balaban J connectivity index is 1.49. The maximum absolute atomic E-state index is 12.7. The number of nitrogens with one attached hydrogen (secondary N) is 2. The second-order valence-corrected chi connectivity index (χ2v) is 6.55. The molecule has 136 valence electrons. The summed E-state index contributed by atoms with van der Waals surface area (Å²) in [6.45, 7) is 0.147. The molecule has 1 atom stereocenters. The number of imide groups is 1. The lowest BCUT2D eigenvalue weighted by Gasteiger charge is -2.13. The number of carbonyl (C=O) groups is 3. The third-order valence-corrected chi connectivity index (χ3v) is 4.79. The number of carbonyl (C=O) groups excluding carboxylic acids is 3. The monoisotopic (exact) mass is 362 g/mol. The fourth-order valence-corrected chi connectivity index (χ4v) is 3.34. The van der Waals surface area contributed by atoms with Crippen LogP contribution in [0.2, 0.25) is 0 Å². The lowest BCUT2D eigenvalue weighted by atomic mass is 10.0. The Morgan fingerprint density at radius 1 is 1.07 bits per heavy atom. The predicted octanol–water partition coefficient (Wildman–Crippen LogP) is 1.93. The highest BCUT2D eigenvalue weighted by atomic mass is 16.2. The second-order valence-electron chi connectivity index (χ2n) is 6.55. The van der Waals surface area contributed by atoms with Crippen molar-refractivity contribution < 1.29 is 14.4 Å². The van der Waals surface area contributed by atoms with Gasteiger partial charge in [0.1, 0.15) is 6.04 Å². The van der Waals surface area contributed by atoms with Gasteiger partial charge in [0.05, 0.1) is 6.54 Å². The third kappa shape index (κ3) is 3.15. The number of para-hydroxylation sites is 1. The van der Waals surface area contributed by atoms with Gasteiger partial charge in [0.25, 0.3) is 5.91 Å². The number of rotatable bonds is 5. The van der Waals surface area contributed by atoms with Crippen molar-refractivity contribution in [2.24, 2.45) is 5.73 Å². The van der Waals surface area contributed by atoms with Gasteiger partial charge in [0.15, 0.2) is 0 Å². The van der Waals surface area contributed by atoms with Crippen LogP contribution in [0.1, 0.15) is 21.5 Å². The van der Waals surface area contributed by atoms with Crippen molar-refractivity contribution in [3.8, 4) is 0 Å². The van der Waals surface area contributed by atoms with E-state index in [-0.39, 0.29) is 12.5 Å². The molecule has 1 aromatic heterocycles. The standard InChI is InChI=1S/C20H18N4O3/c21-18(25)13-7-5-12(6-8-13)11-24-19(26)17(23-20(24)27)9-14-10-22-16-4-2-1-3-15(14)16/h1-8,10,17,22H,9,11H2,(H2,21,25)(H,23,27)/t17-/m1/s1. The van der Waals surface area contributed by atoms with Crippen molar-refractivity contribution in [2.45, 2.75) is 19.0 Å². The molecule has 0 bridgehead atoms. The summed E-state index contributed by atoms with van der Waals surface area (Å²) in [5.41, 5.74) is 8.33. The van der Waals surface area contributed by atoms with E-state index in [0.29, 0.717) is 12.0 Å². The minimum absolute atomic E-state index is 0.147. The van der Waals surface area contributed by atoms with E-state index in [2.05, 4.69) is 10.3 Å². The zero-order chi connectivity index (χ0) is 19.0. The van der Waals surface area contributed by atoms with Crippen molar-refractivity contribution in [1.82, 2.24) is 15.2 Å². The number of urea groups is 1. The van der Waals surface area contributed by atoms with E-state index in [9.17, 15) is 14.4 Å². The molecule has 0 saturated carbocycles. The van der Waals surface area contributed by atoms with Crippen LogP contribution >= 0.6 is 0 Å². The number of fused-ring (bicyclic) bond motifs is 1. The van der Waals surface area contributed by atoms with Gasteiger partial charge in [-0.05, 0) is 29.3 Å². The molecule has 1 aliphatic heterocycles. The normalized spacial score (nSPS) is 16.7. The first-order valence-corrected chi connectivity index (χ1v) is 8.58. The van der Waals surface area contributed by atoms with E-state index in [0.717, 1.165) is 22.0 Å². The average molecular weight is 362 g/mol. The third-order valence-electron chi connectivity index (χ3n) is 4.79. The van der Waals surface area contributed by atoms with Gasteiger partial charge in [-0.1, -0.05) is 30.3 Å².